The normalized spacial score (nSPS) is 13.7. The van der Waals surface area contributed by atoms with E-state index in [9.17, 15) is 18.0 Å². The lowest BCUT2D eigenvalue weighted by Crippen LogP contribution is -2.26. The van der Waals surface area contributed by atoms with Gasteiger partial charge in [-0.25, -0.2) is 17.8 Å². The molecular formula is C22H22N4O4S. The summed E-state index contributed by atoms with van der Waals surface area (Å²) in [7, 11) is -3.67. The van der Waals surface area contributed by atoms with Gasteiger partial charge in [-0.1, -0.05) is 24.3 Å². The van der Waals surface area contributed by atoms with Gasteiger partial charge in [0.25, 0.3) is 11.7 Å². The van der Waals surface area contributed by atoms with Crippen molar-refractivity contribution in [1.82, 2.24) is 14.5 Å². The predicted molar refractivity (Wildman–Crippen MR) is 116 cm³/mol. The highest BCUT2D eigenvalue weighted by Crippen LogP contribution is 2.24. The number of rotatable bonds is 7. The van der Waals surface area contributed by atoms with E-state index in [-0.39, 0.29) is 22.2 Å². The van der Waals surface area contributed by atoms with E-state index in [0.29, 0.717) is 11.4 Å². The second-order valence-electron chi connectivity index (χ2n) is 7.50. The number of aryl methyl sites for hydroxylation is 1. The molecule has 1 amide bonds. The zero-order valence-corrected chi connectivity index (χ0v) is 17.9. The summed E-state index contributed by atoms with van der Waals surface area (Å²) >= 11 is 0. The minimum atomic E-state index is -3.67. The molecule has 1 saturated carbocycles. The molecular weight excluding hydrogens is 416 g/mol. The number of anilines is 1. The number of carbonyl (C=O) groups is 2. The van der Waals surface area contributed by atoms with Crippen LogP contribution in [0.3, 0.4) is 0 Å². The molecule has 2 N–H and O–H groups in total. The van der Waals surface area contributed by atoms with Crippen LogP contribution in [0.25, 0.3) is 5.69 Å². The van der Waals surface area contributed by atoms with Crippen molar-refractivity contribution in [1.29, 1.82) is 0 Å². The third kappa shape index (κ3) is 4.42. The van der Waals surface area contributed by atoms with Crippen LogP contribution >= 0.6 is 0 Å². The number of nitrogens with one attached hydrogen (secondary N) is 2. The molecule has 0 bridgehead atoms. The fourth-order valence-corrected chi connectivity index (χ4v) is 4.67. The van der Waals surface area contributed by atoms with Crippen LogP contribution < -0.4 is 10.0 Å². The average molecular weight is 439 g/mol. The fourth-order valence-electron chi connectivity index (χ4n) is 3.32. The molecule has 4 rings (SSSR count). The van der Waals surface area contributed by atoms with Crippen LogP contribution in [0.1, 0.15) is 34.6 Å². The quantitative estimate of drug-likeness (QED) is 0.435. The van der Waals surface area contributed by atoms with Crippen LogP contribution in [-0.2, 0) is 14.8 Å². The number of hydrogen-bond acceptors (Lipinski definition) is 5. The third-order valence-electron chi connectivity index (χ3n) is 5.03. The molecule has 0 atom stereocenters. The maximum Gasteiger partial charge on any atom is 0.296 e. The maximum atomic E-state index is 12.9. The first-order valence-electron chi connectivity index (χ1n) is 9.86. The molecule has 1 aromatic heterocycles. The maximum absolute atomic E-state index is 12.9. The minimum absolute atomic E-state index is 0.0306. The van der Waals surface area contributed by atoms with Crippen LogP contribution in [0, 0.1) is 13.8 Å². The summed E-state index contributed by atoms with van der Waals surface area (Å²) in [4.78, 5) is 25.6. The van der Waals surface area contributed by atoms with Gasteiger partial charge >= 0.3 is 0 Å². The first-order chi connectivity index (χ1) is 14.8. The number of ketones is 1. The Morgan fingerprint density at radius 2 is 1.74 bits per heavy atom. The summed E-state index contributed by atoms with van der Waals surface area (Å²) in [6.45, 7) is 3.40. The van der Waals surface area contributed by atoms with Gasteiger partial charge in [-0.15, -0.1) is 0 Å². The molecule has 9 heteroatoms. The number of hydrogen-bond donors (Lipinski definition) is 2. The Hall–Kier alpha value is -3.30. The number of amides is 1. The molecule has 8 nitrogen and oxygen atoms in total. The summed E-state index contributed by atoms with van der Waals surface area (Å²) in [5.74, 6) is -1.59. The number of Topliss-reactive ketones (excluding diaryl/α,β-unsaturated/α-hetero) is 1. The SMILES string of the molecule is Cc1nn(-c2ccccc2)c(C)c1C(=O)C(=O)Nc1cccc(S(=O)(=O)NC2CC2)c1. The lowest BCUT2D eigenvalue weighted by atomic mass is 10.1. The first-order valence-corrected chi connectivity index (χ1v) is 11.3. The van der Waals surface area contributed by atoms with Gasteiger partial charge < -0.3 is 5.32 Å². The number of sulfonamides is 1. The monoisotopic (exact) mass is 438 g/mol. The Morgan fingerprint density at radius 1 is 1.03 bits per heavy atom. The van der Waals surface area contributed by atoms with Crippen LogP contribution in [-0.4, -0.2) is 35.9 Å². The van der Waals surface area contributed by atoms with E-state index in [2.05, 4.69) is 15.1 Å². The Labute approximate surface area is 180 Å². The average Bonchev–Trinajstić information content (AvgIpc) is 3.50. The highest BCUT2D eigenvalue weighted by Gasteiger charge is 2.29. The summed E-state index contributed by atoms with van der Waals surface area (Å²) in [5.41, 5.74) is 2.22. The molecule has 1 heterocycles. The number of nitrogens with zero attached hydrogens (tertiary/aromatic N) is 2. The molecule has 0 saturated heterocycles. The molecule has 31 heavy (non-hydrogen) atoms. The van der Waals surface area contributed by atoms with Gasteiger partial charge in [0, 0.05) is 11.7 Å². The molecule has 3 aromatic rings. The van der Waals surface area contributed by atoms with Crippen molar-refractivity contribution in [2.75, 3.05) is 5.32 Å². The molecule has 0 unspecified atom stereocenters. The number of aromatic nitrogens is 2. The Kier molecular flexibility index (Phi) is 5.47. The molecule has 1 aliphatic rings. The van der Waals surface area contributed by atoms with E-state index in [1.54, 1.807) is 18.5 Å². The first kappa shape index (κ1) is 21.0. The van der Waals surface area contributed by atoms with Gasteiger partial charge in [-0.3, -0.25) is 9.59 Å². The number of benzene rings is 2. The van der Waals surface area contributed by atoms with E-state index in [4.69, 9.17) is 0 Å². The largest absolute Gasteiger partial charge is 0.319 e. The second-order valence-corrected chi connectivity index (χ2v) is 9.21. The Balaban J connectivity index is 1.55. The highest BCUT2D eigenvalue weighted by molar-refractivity contribution is 7.89. The van der Waals surface area contributed by atoms with Crippen molar-refractivity contribution in [2.24, 2.45) is 0 Å². The van der Waals surface area contributed by atoms with Crippen molar-refractivity contribution >= 4 is 27.4 Å². The zero-order valence-electron chi connectivity index (χ0n) is 17.1. The minimum Gasteiger partial charge on any atom is -0.319 e. The van der Waals surface area contributed by atoms with Gasteiger partial charge in [0.2, 0.25) is 10.0 Å². The lowest BCUT2D eigenvalue weighted by Gasteiger charge is -2.09. The summed E-state index contributed by atoms with van der Waals surface area (Å²) < 4.78 is 29.0. The van der Waals surface area contributed by atoms with Crippen LogP contribution in [0.15, 0.2) is 59.5 Å². The number of para-hydroxylation sites is 1. The lowest BCUT2D eigenvalue weighted by molar-refractivity contribution is -0.112. The van der Waals surface area contributed by atoms with Crippen LogP contribution in [0.4, 0.5) is 5.69 Å². The van der Waals surface area contributed by atoms with Crippen molar-refractivity contribution in [3.05, 3.63) is 71.5 Å². The van der Waals surface area contributed by atoms with Gasteiger partial charge in [0.05, 0.1) is 27.5 Å². The summed E-state index contributed by atoms with van der Waals surface area (Å²) in [6.07, 6.45) is 1.64. The van der Waals surface area contributed by atoms with Crippen molar-refractivity contribution in [2.45, 2.75) is 37.6 Å². The second kappa shape index (κ2) is 8.09. The molecule has 0 radical (unpaired) electrons. The van der Waals surface area contributed by atoms with Gasteiger partial charge in [-0.05, 0) is 57.0 Å². The van der Waals surface area contributed by atoms with Crippen LogP contribution in [0.5, 0.6) is 0 Å². The van der Waals surface area contributed by atoms with E-state index < -0.39 is 21.7 Å². The van der Waals surface area contributed by atoms with Crippen LogP contribution in [0.2, 0.25) is 0 Å². The van der Waals surface area contributed by atoms with Gasteiger partial charge in [0.1, 0.15) is 0 Å². The van der Waals surface area contributed by atoms with Gasteiger partial charge in [0.15, 0.2) is 0 Å². The molecule has 1 aliphatic carbocycles. The standard InChI is InChI=1S/C22H22N4O4S/c1-14-20(15(2)26(24-14)18-8-4-3-5-9-18)21(27)22(28)23-17-7-6-10-19(13-17)31(29,30)25-16-11-12-16/h3-10,13,16,25H,11-12H2,1-2H3,(H,23,28). The number of carbonyl (C=O) groups excluding carboxylic acids is 2. The summed E-state index contributed by atoms with van der Waals surface area (Å²) in [6, 6.07) is 15.1. The van der Waals surface area contributed by atoms with E-state index >= 15 is 0 Å². The van der Waals surface area contributed by atoms with E-state index in [1.807, 2.05) is 30.3 Å². The molecule has 0 spiro atoms. The van der Waals surface area contributed by atoms with Gasteiger partial charge in [-0.2, -0.15) is 5.10 Å². The predicted octanol–water partition coefficient (Wildman–Crippen LogP) is 2.75. The van der Waals surface area contributed by atoms with Crippen molar-refractivity contribution in [3.8, 4) is 5.69 Å². The summed E-state index contributed by atoms with van der Waals surface area (Å²) in [5, 5.41) is 6.91. The molecule has 0 aliphatic heterocycles. The fraction of sp³-hybridized carbons (Fsp3) is 0.227. The zero-order chi connectivity index (χ0) is 22.2. The van der Waals surface area contributed by atoms with Crippen molar-refractivity contribution < 1.29 is 18.0 Å². The molecule has 2 aromatic carbocycles. The van der Waals surface area contributed by atoms with Crippen molar-refractivity contribution in [3.63, 3.8) is 0 Å². The van der Waals surface area contributed by atoms with E-state index in [1.165, 1.54) is 24.3 Å². The molecule has 160 valence electrons. The highest BCUT2D eigenvalue weighted by atomic mass is 32.2. The van der Waals surface area contributed by atoms with E-state index in [0.717, 1.165) is 18.5 Å². The third-order valence-corrected chi connectivity index (χ3v) is 6.54. The topological polar surface area (TPSA) is 110 Å². The Bertz CT molecular complexity index is 1260. The molecule has 1 fully saturated rings. The Morgan fingerprint density at radius 3 is 2.42 bits per heavy atom. The smallest absolute Gasteiger partial charge is 0.296 e.